The van der Waals surface area contributed by atoms with Crippen LogP contribution >= 0.6 is 0 Å². The highest BCUT2D eigenvalue weighted by Gasteiger charge is 2.18. The van der Waals surface area contributed by atoms with Crippen molar-refractivity contribution < 1.29 is 14.6 Å². The maximum atomic E-state index is 12.8. The van der Waals surface area contributed by atoms with E-state index in [2.05, 4.69) is 10.4 Å². The van der Waals surface area contributed by atoms with E-state index < -0.39 is 0 Å². The molecule has 2 heterocycles. The average Bonchev–Trinajstić information content (AvgIpc) is 3.26. The van der Waals surface area contributed by atoms with E-state index in [0.717, 1.165) is 10.9 Å². The van der Waals surface area contributed by atoms with Crippen molar-refractivity contribution in [2.45, 2.75) is 20.4 Å². The van der Waals surface area contributed by atoms with Crippen LogP contribution in [0.1, 0.15) is 22.8 Å². The van der Waals surface area contributed by atoms with Gasteiger partial charge in [-0.3, -0.25) is 9.48 Å². The molecule has 0 unspecified atom stereocenters. The molecule has 4 aromatic rings. The molecule has 0 spiro atoms. The van der Waals surface area contributed by atoms with E-state index in [1.54, 1.807) is 40.7 Å². The summed E-state index contributed by atoms with van der Waals surface area (Å²) in [6.07, 6.45) is 3.58. The zero-order valence-corrected chi connectivity index (χ0v) is 16.5. The fourth-order valence-corrected chi connectivity index (χ4v) is 3.18. The summed E-state index contributed by atoms with van der Waals surface area (Å²) in [4.78, 5) is 12.8. The molecule has 0 aliphatic carbocycles. The van der Waals surface area contributed by atoms with Crippen molar-refractivity contribution in [3.8, 4) is 17.4 Å². The first-order valence-corrected chi connectivity index (χ1v) is 9.36. The van der Waals surface area contributed by atoms with Crippen LogP contribution in [0.5, 0.6) is 17.4 Å². The number of fused-ring (bicyclic) bond motifs is 1. The zero-order valence-electron chi connectivity index (χ0n) is 16.5. The number of amides is 1. The Bertz CT molecular complexity index is 1190. The number of benzene rings is 2. The second kappa shape index (κ2) is 7.35. The largest absolute Gasteiger partial charge is 0.494 e. The topological polar surface area (TPSA) is 81.3 Å². The molecule has 2 aromatic carbocycles. The number of aromatic hydroxyl groups is 1. The lowest BCUT2D eigenvalue weighted by Gasteiger charge is -2.10. The number of nitrogens with one attached hydrogen (secondary N) is 1. The molecule has 0 aliphatic heterocycles. The Kier molecular flexibility index (Phi) is 4.72. The van der Waals surface area contributed by atoms with Gasteiger partial charge < -0.3 is 19.7 Å². The van der Waals surface area contributed by atoms with Crippen molar-refractivity contribution in [3.05, 3.63) is 66.0 Å². The smallest absolute Gasteiger partial charge is 0.257 e. The Hall–Kier alpha value is -3.74. The average molecular weight is 390 g/mol. The number of carbonyl (C=O) groups is 1. The molecule has 148 valence electrons. The van der Waals surface area contributed by atoms with Gasteiger partial charge >= 0.3 is 0 Å². The Balaban J connectivity index is 1.77. The van der Waals surface area contributed by atoms with Crippen LogP contribution < -0.4 is 10.1 Å². The highest BCUT2D eigenvalue weighted by molar-refractivity contribution is 6.08. The van der Waals surface area contributed by atoms with Crippen molar-refractivity contribution in [2.24, 2.45) is 7.05 Å². The first-order valence-electron chi connectivity index (χ1n) is 9.36. The second-order valence-corrected chi connectivity index (χ2v) is 6.92. The fourth-order valence-electron chi connectivity index (χ4n) is 3.18. The summed E-state index contributed by atoms with van der Waals surface area (Å²) in [5.74, 6) is 1.38. The van der Waals surface area contributed by atoms with E-state index in [1.807, 2.05) is 44.3 Å². The summed E-state index contributed by atoms with van der Waals surface area (Å²) < 4.78 is 9.40. The summed E-state index contributed by atoms with van der Waals surface area (Å²) in [6, 6.07) is 12.7. The van der Waals surface area contributed by atoms with E-state index >= 15 is 0 Å². The van der Waals surface area contributed by atoms with Gasteiger partial charge in [0, 0.05) is 48.4 Å². The van der Waals surface area contributed by atoms with Gasteiger partial charge in [-0.25, -0.2) is 0 Å². The van der Waals surface area contributed by atoms with Gasteiger partial charge in [0.15, 0.2) is 11.7 Å². The molecule has 0 saturated heterocycles. The van der Waals surface area contributed by atoms with Gasteiger partial charge in [-0.2, -0.15) is 5.10 Å². The number of rotatable bonds is 5. The predicted octanol–water partition coefficient (Wildman–Crippen LogP) is 4.45. The number of hydrogen-bond acceptors (Lipinski definition) is 4. The molecule has 7 heteroatoms. The summed E-state index contributed by atoms with van der Waals surface area (Å²) in [5.41, 5.74) is 1.50. The number of aromatic nitrogens is 3. The standard InChI is InChI=1S/C22H22N4O3/c1-4-26-13-18-17(22(26)28)11-15(21(27)23-20-9-10-25(3)24-20)12-19(18)29-16-7-5-14(2)6-8-16/h5-13,28H,4H2,1-3H3,(H,23,24,27). The first-order chi connectivity index (χ1) is 13.9. The van der Waals surface area contributed by atoms with Crippen LogP contribution in [0.15, 0.2) is 54.9 Å². The maximum Gasteiger partial charge on any atom is 0.257 e. The van der Waals surface area contributed by atoms with Gasteiger partial charge in [0.25, 0.3) is 5.91 Å². The fraction of sp³-hybridized carbons (Fsp3) is 0.182. The molecule has 0 saturated carbocycles. The van der Waals surface area contributed by atoms with Crippen LogP contribution in [0.4, 0.5) is 5.82 Å². The van der Waals surface area contributed by atoms with Crippen molar-refractivity contribution >= 4 is 22.5 Å². The Morgan fingerprint density at radius 3 is 2.59 bits per heavy atom. The molecule has 2 N–H and O–H groups in total. The minimum absolute atomic E-state index is 0.101. The predicted molar refractivity (Wildman–Crippen MR) is 112 cm³/mol. The first kappa shape index (κ1) is 18.6. The third-order valence-corrected chi connectivity index (χ3v) is 4.75. The third-order valence-electron chi connectivity index (χ3n) is 4.75. The van der Waals surface area contributed by atoms with Crippen LogP contribution in [0.25, 0.3) is 10.8 Å². The van der Waals surface area contributed by atoms with E-state index in [0.29, 0.717) is 34.8 Å². The Morgan fingerprint density at radius 2 is 1.93 bits per heavy atom. The van der Waals surface area contributed by atoms with Gasteiger partial charge in [-0.1, -0.05) is 17.7 Å². The number of anilines is 1. The van der Waals surface area contributed by atoms with E-state index in [4.69, 9.17) is 4.74 Å². The molecule has 0 aliphatic rings. The van der Waals surface area contributed by atoms with Crippen LogP contribution in [-0.2, 0) is 13.6 Å². The lowest BCUT2D eigenvalue weighted by Crippen LogP contribution is -2.12. The van der Waals surface area contributed by atoms with Crippen molar-refractivity contribution in [2.75, 3.05) is 5.32 Å². The van der Waals surface area contributed by atoms with Gasteiger partial charge in [0.2, 0.25) is 0 Å². The molecule has 29 heavy (non-hydrogen) atoms. The molecule has 4 rings (SSSR count). The van der Waals surface area contributed by atoms with Crippen molar-refractivity contribution in [3.63, 3.8) is 0 Å². The summed E-state index contributed by atoms with van der Waals surface area (Å²) in [7, 11) is 1.78. The van der Waals surface area contributed by atoms with Gasteiger partial charge in [-0.15, -0.1) is 0 Å². The van der Waals surface area contributed by atoms with E-state index in [-0.39, 0.29) is 11.8 Å². The lowest BCUT2D eigenvalue weighted by atomic mass is 10.1. The normalized spacial score (nSPS) is 11.0. The number of aryl methyl sites for hydroxylation is 3. The summed E-state index contributed by atoms with van der Waals surface area (Å²) in [6.45, 7) is 4.54. The van der Waals surface area contributed by atoms with Crippen LogP contribution in [-0.4, -0.2) is 25.4 Å². The Morgan fingerprint density at radius 1 is 1.17 bits per heavy atom. The molecule has 1 amide bonds. The molecular weight excluding hydrogens is 368 g/mol. The number of ether oxygens (including phenoxy) is 1. The monoisotopic (exact) mass is 390 g/mol. The molecule has 0 fully saturated rings. The SMILES string of the molecule is CCn1cc2c(Oc3ccc(C)cc3)cc(C(=O)Nc3ccn(C)n3)cc2c1O. The van der Waals surface area contributed by atoms with Gasteiger partial charge in [-0.05, 0) is 38.1 Å². The molecule has 0 atom stereocenters. The quantitative estimate of drug-likeness (QED) is 0.527. The summed E-state index contributed by atoms with van der Waals surface area (Å²) in [5, 5.41) is 18.8. The molecule has 2 aromatic heterocycles. The van der Waals surface area contributed by atoms with Gasteiger partial charge in [0.05, 0.1) is 0 Å². The third kappa shape index (κ3) is 3.67. The highest BCUT2D eigenvalue weighted by atomic mass is 16.5. The second-order valence-electron chi connectivity index (χ2n) is 6.92. The number of carbonyl (C=O) groups excluding carboxylic acids is 1. The van der Waals surface area contributed by atoms with Crippen LogP contribution in [0.2, 0.25) is 0 Å². The van der Waals surface area contributed by atoms with E-state index in [9.17, 15) is 9.90 Å². The molecular formula is C22H22N4O3. The minimum atomic E-state index is -0.331. The summed E-state index contributed by atoms with van der Waals surface area (Å²) >= 11 is 0. The van der Waals surface area contributed by atoms with Crippen LogP contribution in [0, 0.1) is 6.92 Å². The van der Waals surface area contributed by atoms with Gasteiger partial charge in [0.1, 0.15) is 11.5 Å². The molecule has 7 nitrogen and oxygen atoms in total. The lowest BCUT2D eigenvalue weighted by molar-refractivity contribution is 0.102. The maximum absolute atomic E-state index is 12.8. The van der Waals surface area contributed by atoms with Crippen molar-refractivity contribution in [1.82, 2.24) is 14.3 Å². The van der Waals surface area contributed by atoms with E-state index in [1.165, 1.54) is 0 Å². The van der Waals surface area contributed by atoms with Crippen LogP contribution in [0.3, 0.4) is 0 Å². The molecule has 0 bridgehead atoms. The minimum Gasteiger partial charge on any atom is -0.494 e. The Labute approximate surface area is 168 Å². The highest BCUT2D eigenvalue weighted by Crippen LogP contribution is 2.37. The van der Waals surface area contributed by atoms with Crippen molar-refractivity contribution in [1.29, 1.82) is 0 Å². The number of nitrogens with zero attached hydrogens (tertiary/aromatic N) is 3. The zero-order chi connectivity index (χ0) is 20.5. The molecule has 0 radical (unpaired) electrons. The number of hydrogen-bond donors (Lipinski definition) is 2.